The van der Waals surface area contributed by atoms with Crippen LogP contribution >= 0.6 is 0 Å². The molecule has 0 aliphatic rings. The van der Waals surface area contributed by atoms with Gasteiger partial charge in [0.2, 0.25) is 0 Å². The van der Waals surface area contributed by atoms with Gasteiger partial charge in [0.25, 0.3) is 0 Å². The second kappa shape index (κ2) is 23.0. The van der Waals surface area contributed by atoms with Crippen LogP contribution in [0.4, 0.5) is 0 Å². The first kappa shape index (κ1) is 24.0. The summed E-state index contributed by atoms with van der Waals surface area (Å²) in [5, 5.41) is 0. The average molecular weight is 341 g/mol. The van der Waals surface area contributed by atoms with Gasteiger partial charge in [0.1, 0.15) is 0 Å². The van der Waals surface area contributed by atoms with Crippen LogP contribution in [0, 0.1) is 0 Å². The van der Waals surface area contributed by atoms with Crippen LogP contribution in [0.15, 0.2) is 0 Å². The van der Waals surface area contributed by atoms with Gasteiger partial charge in [-0.05, 0) is 12.8 Å². The predicted octanol–water partition coefficient (Wildman–Crippen LogP) is 8.45. The summed E-state index contributed by atoms with van der Waals surface area (Å²) in [6, 6.07) is 0. The molecule has 0 fully saturated rings. The van der Waals surface area contributed by atoms with Crippen LogP contribution < -0.4 is 0 Å². The highest BCUT2D eigenvalue weighted by atomic mass is 16.5. The Kier molecular flexibility index (Phi) is 22.9. The minimum Gasteiger partial charge on any atom is -0.381 e. The van der Waals surface area contributed by atoms with Crippen LogP contribution in [0.3, 0.4) is 0 Å². The molecule has 0 aromatic rings. The Hall–Kier alpha value is -0.0400. The van der Waals surface area contributed by atoms with E-state index in [0.29, 0.717) is 0 Å². The van der Waals surface area contributed by atoms with Crippen molar-refractivity contribution < 1.29 is 4.74 Å². The highest BCUT2D eigenvalue weighted by molar-refractivity contribution is 4.49. The molecule has 0 spiro atoms. The quantitative estimate of drug-likeness (QED) is 0.190. The summed E-state index contributed by atoms with van der Waals surface area (Å²) in [4.78, 5) is 0. The van der Waals surface area contributed by atoms with Crippen molar-refractivity contribution in [1.82, 2.24) is 0 Å². The van der Waals surface area contributed by atoms with Gasteiger partial charge < -0.3 is 4.74 Å². The first-order valence-corrected chi connectivity index (χ1v) is 11.5. The van der Waals surface area contributed by atoms with Crippen LogP contribution in [-0.4, -0.2) is 13.2 Å². The fourth-order valence-corrected chi connectivity index (χ4v) is 3.31. The maximum atomic E-state index is 5.77. The van der Waals surface area contributed by atoms with Crippen molar-refractivity contribution in [3.8, 4) is 0 Å². The lowest BCUT2D eigenvalue weighted by Crippen LogP contribution is -1.97. The van der Waals surface area contributed by atoms with Gasteiger partial charge in [0, 0.05) is 13.2 Å². The third kappa shape index (κ3) is 22.0. The molecule has 146 valence electrons. The van der Waals surface area contributed by atoms with E-state index in [9.17, 15) is 0 Å². The molecule has 1 nitrogen and oxygen atoms in total. The molecule has 0 saturated carbocycles. The summed E-state index contributed by atoms with van der Waals surface area (Å²) in [6.45, 7) is 6.56. The summed E-state index contributed by atoms with van der Waals surface area (Å²) >= 11 is 0. The number of unbranched alkanes of at least 4 members (excludes halogenated alkanes) is 17. The first-order chi connectivity index (χ1) is 11.9. The second-order valence-electron chi connectivity index (χ2n) is 7.62. The first-order valence-electron chi connectivity index (χ1n) is 11.5. The van der Waals surface area contributed by atoms with Gasteiger partial charge in [-0.2, -0.15) is 0 Å². The number of ether oxygens (including phenoxy) is 1. The molecule has 0 saturated heterocycles. The van der Waals surface area contributed by atoms with Gasteiger partial charge >= 0.3 is 0 Å². The van der Waals surface area contributed by atoms with E-state index in [0.717, 1.165) is 13.2 Å². The molecule has 0 aromatic heterocycles. The Morgan fingerprint density at radius 1 is 0.333 bits per heavy atom. The van der Waals surface area contributed by atoms with E-state index in [1.54, 1.807) is 0 Å². The zero-order valence-corrected chi connectivity index (χ0v) is 17.3. The standard InChI is InChI=1S/C23H48O/c1-3-5-7-9-11-13-15-17-19-21-23-24-22-20-18-16-14-12-10-8-6-4-2/h3-23H2,1-2H3. The molecule has 0 bridgehead atoms. The minimum absolute atomic E-state index is 0.993. The summed E-state index contributed by atoms with van der Waals surface area (Å²) < 4.78 is 5.77. The largest absolute Gasteiger partial charge is 0.381 e. The van der Waals surface area contributed by atoms with Gasteiger partial charge in [-0.25, -0.2) is 0 Å². The van der Waals surface area contributed by atoms with E-state index in [4.69, 9.17) is 4.74 Å². The van der Waals surface area contributed by atoms with E-state index in [2.05, 4.69) is 13.8 Å². The maximum absolute atomic E-state index is 5.77. The number of hydrogen-bond acceptors (Lipinski definition) is 1. The van der Waals surface area contributed by atoms with E-state index in [1.807, 2.05) is 0 Å². The Morgan fingerprint density at radius 3 is 0.875 bits per heavy atom. The Labute approximate surface area is 154 Å². The fraction of sp³-hybridized carbons (Fsp3) is 1.00. The smallest absolute Gasteiger partial charge is 0.0466 e. The third-order valence-electron chi connectivity index (χ3n) is 5.03. The second-order valence-corrected chi connectivity index (χ2v) is 7.62. The van der Waals surface area contributed by atoms with Crippen molar-refractivity contribution in [3.05, 3.63) is 0 Å². The lowest BCUT2D eigenvalue weighted by Gasteiger charge is -2.05. The molecule has 0 heterocycles. The van der Waals surface area contributed by atoms with E-state index in [1.165, 1.54) is 122 Å². The fourth-order valence-electron chi connectivity index (χ4n) is 3.31. The molecule has 0 aliphatic heterocycles. The van der Waals surface area contributed by atoms with Gasteiger partial charge in [-0.1, -0.05) is 123 Å². The zero-order chi connectivity index (χ0) is 17.6. The highest BCUT2D eigenvalue weighted by Gasteiger charge is 1.95. The lowest BCUT2D eigenvalue weighted by atomic mass is 10.1. The number of rotatable bonds is 21. The van der Waals surface area contributed by atoms with Crippen molar-refractivity contribution in [3.63, 3.8) is 0 Å². The maximum Gasteiger partial charge on any atom is 0.0466 e. The SMILES string of the molecule is CCCCCCCCCCCCOCCCCCCCCCCC. The summed E-state index contributed by atoms with van der Waals surface area (Å²) in [5.74, 6) is 0. The third-order valence-corrected chi connectivity index (χ3v) is 5.03. The molecule has 0 rings (SSSR count). The molecule has 0 N–H and O–H groups in total. The van der Waals surface area contributed by atoms with Crippen molar-refractivity contribution in [1.29, 1.82) is 0 Å². The van der Waals surface area contributed by atoms with Crippen LogP contribution in [0.1, 0.15) is 136 Å². The Balaban J connectivity index is 2.93. The molecule has 0 unspecified atom stereocenters. The summed E-state index contributed by atoms with van der Waals surface area (Å²) in [6.07, 6.45) is 26.7. The summed E-state index contributed by atoms with van der Waals surface area (Å²) in [5.41, 5.74) is 0. The van der Waals surface area contributed by atoms with Crippen LogP contribution in [-0.2, 0) is 4.74 Å². The zero-order valence-electron chi connectivity index (χ0n) is 17.3. The van der Waals surface area contributed by atoms with Crippen LogP contribution in [0.5, 0.6) is 0 Å². The van der Waals surface area contributed by atoms with Crippen molar-refractivity contribution in [2.75, 3.05) is 13.2 Å². The molecule has 0 aromatic carbocycles. The molecule has 1 heteroatoms. The molecule has 0 radical (unpaired) electrons. The van der Waals surface area contributed by atoms with Gasteiger partial charge in [-0.15, -0.1) is 0 Å². The highest BCUT2D eigenvalue weighted by Crippen LogP contribution is 2.11. The van der Waals surface area contributed by atoms with Gasteiger partial charge in [0.15, 0.2) is 0 Å². The van der Waals surface area contributed by atoms with Crippen LogP contribution in [0.25, 0.3) is 0 Å². The van der Waals surface area contributed by atoms with Gasteiger partial charge in [0.05, 0.1) is 0 Å². The molecular weight excluding hydrogens is 292 g/mol. The Bertz CT molecular complexity index is 180. The topological polar surface area (TPSA) is 9.23 Å². The molecular formula is C23H48O. The molecule has 0 aliphatic carbocycles. The molecule has 0 atom stereocenters. The van der Waals surface area contributed by atoms with Crippen molar-refractivity contribution in [2.45, 2.75) is 136 Å². The lowest BCUT2D eigenvalue weighted by molar-refractivity contribution is 0.125. The molecule has 0 amide bonds. The number of hydrogen-bond donors (Lipinski definition) is 0. The predicted molar refractivity (Wildman–Crippen MR) is 110 cm³/mol. The monoisotopic (exact) mass is 340 g/mol. The van der Waals surface area contributed by atoms with E-state index >= 15 is 0 Å². The average Bonchev–Trinajstić information content (AvgIpc) is 2.60. The van der Waals surface area contributed by atoms with Crippen molar-refractivity contribution >= 4 is 0 Å². The van der Waals surface area contributed by atoms with Gasteiger partial charge in [-0.3, -0.25) is 0 Å². The van der Waals surface area contributed by atoms with E-state index in [-0.39, 0.29) is 0 Å². The van der Waals surface area contributed by atoms with Crippen molar-refractivity contribution in [2.24, 2.45) is 0 Å². The molecule has 24 heavy (non-hydrogen) atoms. The van der Waals surface area contributed by atoms with E-state index < -0.39 is 0 Å². The minimum atomic E-state index is 0.993. The van der Waals surface area contributed by atoms with Crippen LogP contribution in [0.2, 0.25) is 0 Å². The normalized spacial score (nSPS) is 11.2. The summed E-state index contributed by atoms with van der Waals surface area (Å²) in [7, 11) is 0. The Morgan fingerprint density at radius 2 is 0.583 bits per heavy atom.